The van der Waals surface area contributed by atoms with E-state index in [-0.39, 0.29) is 17.9 Å². The summed E-state index contributed by atoms with van der Waals surface area (Å²) in [5.74, 6) is -1.09. The van der Waals surface area contributed by atoms with Gasteiger partial charge in [0.15, 0.2) is 11.6 Å². The Morgan fingerprint density at radius 3 is 2.67 bits per heavy atom. The highest BCUT2D eigenvalue weighted by Gasteiger charge is 2.14. The lowest BCUT2D eigenvalue weighted by Crippen LogP contribution is -2.05. The minimum atomic E-state index is -0.602. The van der Waals surface area contributed by atoms with Gasteiger partial charge in [0.2, 0.25) is 0 Å². The van der Waals surface area contributed by atoms with E-state index in [1.54, 1.807) is 6.92 Å². The summed E-state index contributed by atoms with van der Waals surface area (Å²) in [4.78, 5) is 11.3. The average molecular weight is 277 g/mol. The van der Waals surface area contributed by atoms with Gasteiger partial charge >= 0.3 is 5.97 Å². The van der Waals surface area contributed by atoms with Gasteiger partial charge in [-0.15, -0.1) is 0 Å². The van der Waals surface area contributed by atoms with Gasteiger partial charge < -0.3 is 9.47 Å². The quantitative estimate of drug-likeness (QED) is 0.797. The summed E-state index contributed by atoms with van der Waals surface area (Å²) in [5.41, 5.74) is 0.155. The number of methoxy groups -OCH3 is 1. The summed E-state index contributed by atoms with van der Waals surface area (Å²) in [6.07, 6.45) is 0. The van der Waals surface area contributed by atoms with Gasteiger partial charge in [0.1, 0.15) is 0 Å². The monoisotopic (exact) mass is 276 g/mol. The molecule has 0 aliphatic rings. The van der Waals surface area contributed by atoms with Crippen molar-refractivity contribution < 1.29 is 18.7 Å². The van der Waals surface area contributed by atoms with Crippen molar-refractivity contribution in [2.45, 2.75) is 6.92 Å². The van der Waals surface area contributed by atoms with E-state index in [4.69, 9.17) is 9.47 Å². The number of carbonyl (C=O) groups is 1. The normalized spacial score (nSPS) is 9.87. The van der Waals surface area contributed by atoms with Crippen molar-refractivity contribution in [2.24, 2.45) is 0 Å². The Balaban J connectivity index is 3.08. The zero-order valence-corrected chi connectivity index (χ0v) is 9.93. The Labute approximate surface area is 95.3 Å². The molecule has 0 atom stereocenters. The second-order valence-corrected chi connectivity index (χ2v) is 3.55. The van der Waals surface area contributed by atoms with Gasteiger partial charge in [-0.3, -0.25) is 0 Å². The lowest BCUT2D eigenvalue weighted by Gasteiger charge is -2.07. The fourth-order valence-electron chi connectivity index (χ4n) is 1.09. The van der Waals surface area contributed by atoms with E-state index in [1.807, 2.05) is 0 Å². The summed E-state index contributed by atoms with van der Waals surface area (Å²) in [7, 11) is 1.35. The molecule has 0 radical (unpaired) electrons. The Hall–Kier alpha value is -1.10. The minimum Gasteiger partial charge on any atom is -0.492 e. The predicted octanol–water partition coefficient (Wildman–Crippen LogP) is 2.77. The maximum absolute atomic E-state index is 13.3. The molecule has 0 unspecified atom stereocenters. The first-order valence-electron chi connectivity index (χ1n) is 4.30. The van der Waals surface area contributed by atoms with Gasteiger partial charge in [0.25, 0.3) is 0 Å². The fourth-order valence-corrected chi connectivity index (χ4v) is 1.69. The number of esters is 1. The zero-order valence-electron chi connectivity index (χ0n) is 8.34. The van der Waals surface area contributed by atoms with Crippen LogP contribution in [-0.2, 0) is 4.74 Å². The van der Waals surface area contributed by atoms with Crippen molar-refractivity contribution in [3.05, 3.63) is 28.0 Å². The van der Waals surface area contributed by atoms with Gasteiger partial charge in [-0.05, 0) is 35.0 Å². The second-order valence-electron chi connectivity index (χ2n) is 2.69. The molecule has 0 fully saturated rings. The number of rotatable bonds is 3. The molecule has 1 rings (SSSR count). The lowest BCUT2D eigenvalue weighted by atomic mass is 10.2. The number of hydrogen-bond donors (Lipinski definition) is 0. The number of hydrogen-bond acceptors (Lipinski definition) is 3. The maximum atomic E-state index is 13.3. The first-order valence-corrected chi connectivity index (χ1v) is 5.09. The standard InChI is InChI=1S/C10H10BrFO3/c1-3-15-10(13)6-4-7(11)9(14-2)8(12)5-6/h4-5H,3H2,1-2H3. The van der Waals surface area contributed by atoms with Crippen molar-refractivity contribution in [3.63, 3.8) is 0 Å². The third-order valence-corrected chi connectivity index (χ3v) is 2.30. The lowest BCUT2D eigenvalue weighted by molar-refractivity contribution is 0.0525. The Morgan fingerprint density at radius 1 is 1.53 bits per heavy atom. The van der Waals surface area contributed by atoms with Crippen molar-refractivity contribution in [3.8, 4) is 5.75 Å². The highest BCUT2D eigenvalue weighted by atomic mass is 79.9. The van der Waals surface area contributed by atoms with Crippen LogP contribution in [0.15, 0.2) is 16.6 Å². The molecular weight excluding hydrogens is 267 g/mol. The third kappa shape index (κ3) is 2.68. The molecule has 0 bridgehead atoms. The summed E-state index contributed by atoms with van der Waals surface area (Å²) >= 11 is 3.10. The van der Waals surface area contributed by atoms with Gasteiger partial charge in [0, 0.05) is 0 Å². The molecule has 0 aliphatic heterocycles. The van der Waals surface area contributed by atoms with Gasteiger partial charge in [-0.2, -0.15) is 0 Å². The summed E-state index contributed by atoms with van der Waals surface area (Å²) < 4.78 is 23.3. The van der Waals surface area contributed by atoms with Crippen LogP contribution in [0.25, 0.3) is 0 Å². The van der Waals surface area contributed by atoms with Crippen LogP contribution in [-0.4, -0.2) is 19.7 Å². The van der Waals surface area contributed by atoms with E-state index in [2.05, 4.69) is 15.9 Å². The molecule has 0 aliphatic carbocycles. The second kappa shape index (κ2) is 5.11. The molecule has 0 N–H and O–H groups in total. The molecular formula is C10H10BrFO3. The Bertz CT molecular complexity index is 356. The highest BCUT2D eigenvalue weighted by molar-refractivity contribution is 9.10. The highest BCUT2D eigenvalue weighted by Crippen LogP contribution is 2.29. The van der Waals surface area contributed by atoms with E-state index in [1.165, 1.54) is 13.2 Å². The molecule has 0 spiro atoms. The third-order valence-electron chi connectivity index (χ3n) is 1.71. The molecule has 5 heteroatoms. The molecule has 3 nitrogen and oxygen atoms in total. The Morgan fingerprint density at radius 2 is 2.20 bits per heavy atom. The molecule has 0 heterocycles. The molecule has 0 saturated carbocycles. The molecule has 0 saturated heterocycles. The van der Waals surface area contributed by atoms with E-state index in [0.29, 0.717) is 4.47 Å². The zero-order chi connectivity index (χ0) is 11.4. The largest absolute Gasteiger partial charge is 0.492 e. The van der Waals surface area contributed by atoms with E-state index < -0.39 is 11.8 Å². The van der Waals surface area contributed by atoms with Crippen molar-refractivity contribution in [1.82, 2.24) is 0 Å². The average Bonchev–Trinajstić information content (AvgIpc) is 2.17. The smallest absolute Gasteiger partial charge is 0.338 e. The molecule has 1 aromatic carbocycles. The molecule has 0 aromatic heterocycles. The minimum absolute atomic E-state index is 0.0723. The first kappa shape index (κ1) is 12.0. The van der Waals surface area contributed by atoms with Gasteiger partial charge in [-0.1, -0.05) is 0 Å². The number of halogens is 2. The molecule has 82 valence electrons. The van der Waals surface area contributed by atoms with Crippen LogP contribution in [0, 0.1) is 5.82 Å². The van der Waals surface area contributed by atoms with Crippen molar-refractivity contribution in [1.29, 1.82) is 0 Å². The van der Waals surface area contributed by atoms with E-state index in [0.717, 1.165) is 6.07 Å². The van der Waals surface area contributed by atoms with Crippen molar-refractivity contribution in [2.75, 3.05) is 13.7 Å². The SMILES string of the molecule is CCOC(=O)c1cc(F)c(OC)c(Br)c1. The molecule has 0 amide bonds. The number of carbonyl (C=O) groups excluding carboxylic acids is 1. The van der Waals surface area contributed by atoms with Crippen LogP contribution >= 0.6 is 15.9 Å². The van der Waals surface area contributed by atoms with Crippen LogP contribution in [0.2, 0.25) is 0 Å². The van der Waals surface area contributed by atoms with Gasteiger partial charge in [0.05, 0.1) is 23.8 Å². The van der Waals surface area contributed by atoms with Crippen LogP contribution in [0.3, 0.4) is 0 Å². The van der Waals surface area contributed by atoms with Crippen LogP contribution < -0.4 is 4.74 Å². The van der Waals surface area contributed by atoms with Crippen molar-refractivity contribution >= 4 is 21.9 Å². The first-order chi connectivity index (χ1) is 7.10. The van der Waals surface area contributed by atoms with Gasteiger partial charge in [-0.25, -0.2) is 9.18 Å². The predicted molar refractivity (Wildman–Crippen MR) is 56.6 cm³/mol. The van der Waals surface area contributed by atoms with E-state index >= 15 is 0 Å². The number of ether oxygens (including phenoxy) is 2. The maximum Gasteiger partial charge on any atom is 0.338 e. The van der Waals surface area contributed by atoms with Crippen LogP contribution in [0.5, 0.6) is 5.75 Å². The molecule has 15 heavy (non-hydrogen) atoms. The number of benzene rings is 1. The van der Waals surface area contributed by atoms with Crippen LogP contribution in [0.1, 0.15) is 17.3 Å². The topological polar surface area (TPSA) is 35.5 Å². The van der Waals surface area contributed by atoms with Crippen LogP contribution in [0.4, 0.5) is 4.39 Å². The summed E-state index contributed by atoms with van der Waals surface area (Å²) in [6, 6.07) is 2.54. The summed E-state index contributed by atoms with van der Waals surface area (Å²) in [5, 5.41) is 0. The van der Waals surface area contributed by atoms with E-state index in [9.17, 15) is 9.18 Å². The Kier molecular flexibility index (Phi) is 4.08. The fraction of sp³-hybridized carbons (Fsp3) is 0.300. The molecule has 1 aromatic rings. The summed E-state index contributed by atoms with van der Waals surface area (Å²) in [6.45, 7) is 1.94.